The Kier molecular flexibility index (Phi) is 4.58. The van der Waals surface area contributed by atoms with Gasteiger partial charge < -0.3 is 10.1 Å². The Hall–Kier alpha value is -1.80. The molecule has 19 heavy (non-hydrogen) atoms. The molecular weight excluding hydrogens is 234 g/mol. The van der Waals surface area contributed by atoms with E-state index < -0.39 is 0 Å². The van der Waals surface area contributed by atoms with Gasteiger partial charge >= 0.3 is 0 Å². The van der Waals surface area contributed by atoms with Gasteiger partial charge in [0.25, 0.3) is 0 Å². The standard InChI is InChI=1S/C17H21NO/c1-4-14-7-9-16(10-8-14)19-17-11-15(12-18-3)6-5-13(17)2/h5-11,18H,4,12H2,1-3H3. The second-order valence-corrected chi connectivity index (χ2v) is 4.73. The third-order valence-corrected chi connectivity index (χ3v) is 3.19. The van der Waals surface area contributed by atoms with Crippen molar-refractivity contribution in [3.05, 3.63) is 59.2 Å². The molecule has 0 atom stereocenters. The summed E-state index contributed by atoms with van der Waals surface area (Å²) in [6.45, 7) is 5.07. The highest BCUT2D eigenvalue weighted by atomic mass is 16.5. The number of nitrogens with one attached hydrogen (secondary N) is 1. The highest BCUT2D eigenvalue weighted by Crippen LogP contribution is 2.26. The molecule has 0 aromatic heterocycles. The molecule has 0 saturated carbocycles. The van der Waals surface area contributed by atoms with Crippen LogP contribution in [0.4, 0.5) is 0 Å². The normalized spacial score (nSPS) is 10.5. The van der Waals surface area contributed by atoms with Gasteiger partial charge in [0.05, 0.1) is 0 Å². The quantitative estimate of drug-likeness (QED) is 0.869. The maximum absolute atomic E-state index is 5.97. The van der Waals surface area contributed by atoms with Crippen molar-refractivity contribution < 1.29 is 4.74 Å². The molecule has 2 aromatic rings. The van der Waals surface area contributed by atoms with Gasteiger partial charge in [-0.1, -0.05) is 31.2 Å². The van der Waals surface area contributed by atoms with E-state index in [9.17, 15) is 0 Å². The summed E-state index contributed by atoms with van der Waals surface area (Å²) in [5.74, 6) is 1.82. The SMILES string of the molecule is CCc1ccc(Oc2cc(CNC)ccc2C)cc1. The molecule has 0 heterocycles. The van der Waals surface area contributed by atoms with Crippen molar-refractivity contribution in [3.63, 3.8) is 0 Å². The van der Waals surface area contributed by atoms with E-state index in [0.717, 1.165) is 30.0 Å². The average Bonchev–Trinajstić information content (AvgIpc) is 2.44. The number of rotatable bonds is 5. The second-order valence-electron chi connectivity index (χ2n) is 4.73. The van der Waals surface area contributed by atoms with Crippen molar-refractivity contribution in [3.8, 4) is 11.5 Å². The third-order valence-electron chi connectivity index (χ3n) is 3.19. The van der Waals surface area contributed by atoms with Gasteiger partial charge in [0.2, 0.25) is 0 Å². The lowest BCUT2D eigenvalue weighted by atomic mass is 10.1. The molecule has 0 amide bonds. The maximum Gasteiger partial charge on any atom is 0.130 e. The fraction of sp³-hybridized carbons (Fsp3) is 0.294. The molecule has 0 bridgehead atoms. The van der Waals surface area contributed by atoms with Crippen molar-refractivity contribution in [2.45, 2.75) is 26.8 Å². The van der Waals surface area contributed by atoms with Gasteiger partial charge in [0.15, 0.2) is 0 Å². The smallest absolute Gasteiger partial charge is 0.130 e. The van der Waals surface area contributed by atoms with Crippen molar-refractivity contribution >= 4 is 0 Å². The number of ether oxygens (including phenoxy) is 1. The minimum Gasteiger partial charge on any atom is -0.457 e. The Morgan fingerprint density at radius 2 is 1.68 bits per heavy atom. The fourth-order valence-corrected chi connectivity index (χ4v) is 1.99. The van der Waals surface area contributed by atoms with E-state index in [1.807, 2.05) is 19.2 Å². The highest BCUT2D eigenvalue weighted by molar-refractivity contribution is 5.40. The Morgan fingerprint density at radius 1 is 1.00 bits per heavy atom. The summed E-state index contributed by atoms with van der Waals surface area (Å²) in [4.78, 5) is 0. The van der Waals surface area contributed by atoms with Crippen molar-refractivity contribution in [2.75, 3.05) is 7.05 Å². The van der Waals surface area contributed by atoms with Crippen LogP contribution in [0.2, 0.25) is 0 Å². The van der Waals surface area contributed by atoms with E-state index in [-0.39, 0.29) is 0 Å². The van der Waals surface area contributed by atoms with E-state index in [1.54, 1.807) is 0 Å². The molecule has 0 fully saturated rings. The third kappa shape index (κ3) is 3.58. The van der Waals surface area contributed by atoms with Crippen molar-refractivity contribution in [2.24, 2.45) is 0 Å². The molecule has 0 saturated heterocycles. The molecule has 2 aromatic carbocycles. The molecule has 2 nitrogen and oxygen atoms in total. The zero-order valence-electron chi connectivity index (χ0n) is 11.9. The number of benzene rings is 2. The largest absolute Gasteiger partial charge is 0.457 e. The summed E-state index contributed by atoms with van der Waals surface area (Å²) in [5.41, 5.74) is 3.71. The Bertz CT molecular complexity index is 531. The summed E-state index contributed by atoms with van der Waals surface area (Å²) in [5, 5.41) is 3.15. The average molecular weight is 255 g/mol. The molecule has 1 N–H and O–H groups in total. The van der Waals surface area contributed by atoms with E-state index in [4.69, 9.17) is 4.74 Å². The molecule has 0 radical (unpaired) electrons. The predicted molar refractivity (Wildman–Crippen MR) is 79.8 cm³/mol. The Morgan fingerprint density at radius 3 is 2.32 bits per heavy atom. The van der Waals surface area contributed by atoms with Gasteiger partial charge in [-0.05, 0) is 55.3 Å². The first kappa shape index (κ1) is 13.6. The zero-order chi connectivity index (χ0) is 13.7. The van der Waals surface area contributed by atoms with Gasteiger partial charge in [0.1, 0.15) is 11.5 Å². The van der Waals surface area contributed by atoms with Crippen LogP contribution in [0.3, 0.4) is 0 Å². The lowest BCUT2D eigenvalue weighted by molar-refractivity contribution is 0.477. The summed E-state index contributed by atoms with van der Waals surface area (Å²) in [6, 6.07) is 14.6. The van der Waals surface area contributed by atoms with E-state index >= 15 is 0 Å². The topological polar surface area (TPSA) is 21.3 Å². The van der Waals surface area contributed by atoms with Crippen molar-refractivity contribution in [1.82, 2.24) is 5.32 Å². The van der Waals surface area contributed by atoms with E-state index in [0.29, 0.717) is 0 Å². The molecule has 100 valence electrons. The first-order valence-corrected chi connectivity index (χ1v) is 6.74. The molecular formula is C17H21NO. The number of hydrogen-bond donors (Lipinski definition) is 1. The summed E-state index contributed by atoms with van der Waals surface area (Å²) >= 11 is 0. The van der Waals surface area contributed by atoms with Crippen LogP contribution in [0, 0.1) is 6.92 Å². The number of aryl methyl sites for hydroxylation is 2. The molecule has 0 aliphatic heterocycles. The van der Waals surface area contributed by atoms with Gasteiger partial charge in [-0.3, -0.25) is 0 Å². The Balaban J connectivity index is 2.18. The Labute approximate surface area is 115 Å². The van der Waals surface area contributed by atoms with E-state index in [2.05, 4.69) is 49.5 Å². The van der Waals surface area contributed by atoms with Crippen LogP contribution >= 0.6 is 0 Å². The lowest BCUT2D eigenvalue weighted by Gasteiger charge is -2.11. The first-order valence-electron chi connectivity index (χ1n) is 6.74. The fourth-order valence-electron chi connectivity index (χ4n) is 1.99. The van der Waals surface area contributed by atoms with Gasteiger partial charge in [-0.15, -0.1) is 0 Å². The summed E-state index contributed by atoms with van der Waals surface area (Å²) in [7, 11) is 1.95. The highest BCUT2D eigenvalue weighted by Gasteiger charge is 2.03. The molecule has 2 rings (SSSR count). The molecule has 0 aliphatic carbocycles. The minimum atomic E-state index is 0.853. The first-order chi connectivity index (χ1) is 9.22. The van der Waals surface area contributed by atoms with Gasteiger partial charge in [-0.2, -0.15) is 0 Å². The van der Waals surface area contributed by atoms with Crippen LogP contribution < -0.4 is 10.1 Å². The molecule has 2 heteroatoms. The van der Waals surface area contributed by atoms with Crippen LogP contribution in [0.25, 0.3) is 0 Å². The van der Waals surface area contributed by atoms with Crippen LogP contribution in [-0.4, -0.2) is 7.05 Å². The zero-order valence-corrected chi connectivity index (χ0v) is 11.9. The minimum absolute atomic E-state index is 0.853. The number of hydrogen-bond acceptors (Lipinski definition) is 2. The van der Waals surface area contributed by atoms with Crippen LogP contribution in [0.15, 0.2) is 42.5 Å². The molecule has 0 aliphatic rings. The maximum atomic E-state index is 5.97. The van der Waals surface area contributed by atoms with Crippen molar-refractivity contribution in [1.29, 1.82) is 0 Å². The monoisotopic (exact) mass is 255 g/mol. The van der Waals surface area contributed by atoms with Crippen LogP contribution in [0.5, 0.6) is 11.5 Å². The lowest BCUT2D eigenvalue weighted by Crippen LogP contribution is -2.05. The molecule has 0 unspecified atom stereocenters. The van der Waals surface area contributed by atoms with Crippen LogP contribution in [-0.2, 0) is 13.0 Å². The predicted octanol–water partition coefficient (Wildman–Crippen LogP) is 4.07. The van der Waals surface area contributed by atoms with Gasteiger partial charge in [-0.25, -0.2) is 0 Å². The second kappa shape index (κ2) is 6.39. The summed E-state index contributed by atoms with van der Waals surface area (Å²) < 4.78 is 5.97. The molecule has 0 spiro atoms. The van der Waals surface area contributed by atoms with Gasteiger partial charge in [0, 0.05) is 6.54 Å². The van der Waals surface area contributed by atoms with Crippen LogP contribution in [0.1, 0.15) is 23.6 Å². The summed E-state index contributed by atoms with van der Waals surface area (Å²) in [6.07, 6.45) is 1.05. The van der Waals surface area contributed by atoms with E-state index in [1.165, 1.54) is 11.1 Å².